The van der Waals surface area contributed by atoms with Crippen LogP contribution >= 0.6 is 0 Å². The number of benzene rings is 1. The van der Waals surface area contributed by atoms with E-state index in [1.165, 1.54) is 116 Å². The van der Waals surface area contributed by atoms with Crippen LogP contribution in [0, 0.1) is 0 Å². The van der Waals surface area contributed by atoms with Gasteiger partial charge in [-0.3, -0.25) is 14.4 Å². The molecule has 0 aliphatic heterocycles. The maximum Gasteiger partial charge on any atom is 0.305 e. The number of amides is 1. The number of hydrogen-bond acceptors (Lipinski definition) is 6. The van der Waals surface area contributed by atoms with Crippen LogP contribution in [0.1, 0.15) is 199 Å². The SMILES string of the molecule is CCCCCCCC/C=C\CCCCCCCC(=O)OCCN(CCOC(=O)CCCCCCC/C=C\CCCCCCCC)C(=O)[C@@H](N)Cc1ccccc1. The van der Waals surface area contributed by atoms with E-state index in [9.17, 15) is 14.4 Å². The van der Waals surface area contributed by atoms with Crippen molar-refractivity contribution in [3.63, 3.8) is 0 Å². The summed E-state index contributed by atoms with van der Waals surface area (Å²) in [5.74, 6) is -0.722. The summed E-state index contributed by atoms with van der Waals surface area (Å²) >= 11 is 0. The minimum Gasteiger partial charge on any atom is -0.464 e. The number of allylic oxidation sites excluding steroid dienone is 4. The average molecular weight is 781 g/mol. The van der Waals surface area contributed by atoms with Crippen LogP contribution in [-0.2, 0) is 30.3 Å². The minimum atomic E-state index is -0.740. The van der Waals surface area contributed by atoms with E-state index < -0.39 is 6.04 Å². The first-order chi connectivity index (χ1) is 27.5. The summed E-state index contributed by atoms with van der Waals surface area (Å²) in [5.41, 5.74) is 7.32. The summed E-state index contributed by atoms with van der Waals surface area (Å²) in [6.07, 6.45) is 42.0. The van der Waals surface area contributed by atoms with Gasteiger partial charge in [0.25, 0.3) is 0 Å². The zero-order valence-corrected chi connectivity index (χ0v) is 36.2. The predicted molar refractivity (Wildman–Crippen MR) is 236 cm³/mol. The molecular formula is C49H84N2O5. The fourth-order valence-corrected chi connectivity index (χ4v) is 6.89. The summed E-state index contributed by atoms with van der Waals surface area (Å²) in [6.45, 7) is 5.13. The van der Waals surface area contributed by atoms with E-state index in [4.69, 9.17) is 15.2 Å². The Hall–Kier alpha value is -2.93. The number of carbonyl (C=O) groups is 3. The molecule has 56 heavy (non-hydrogen) atoms. The van der Waals surface area contributed by atoms with Gasteiger partial charge in [-0.15, -0.1) is 0 Å². The van der Waals surface area contributed by atoms with Gasteiger partial charge in [0.1, 0.15) is 13.2 Å². The average Bonchev–Trinajstić information content (AvgIpc) is 3.20. The van der Waals surface area contributed by atoms with Gasteiger partial charge >= 0.3 is 11.9 Å². The van der Waals surface area contributed by atoms with E-state index in [0.717, 1.165) is 56.9 Å². The molecule has 0 aliphatic carbocycles. The summed E-state index contributed by atoms with van der Waals surface area (Å²) in [5, 5.41) is 0. The van der Waals surface area contributed by atoms with E-state index in [2.05, 4.69) is 38.2 Å². The number of hydrogen-bond donors (Lipinski definition) is 1. The highest BCUT2D eigenvalue weighted by molar-refractivity contribution is 5.82. The van der Waals surface area contributed by atoms with Crippen LogP contribution in [0.5, 0.6) is 0 Å². The molecule has 0 radical (unpaired) electrons. The molecule has 1 aromatic rings. The topological polar surface area (TPSA) is 98.9 Å². The van der Waals surface area contributed by atoms with Crippen LogP contribution in [0.15, 0.2) is 54.6 Å². The second kappa shape index (κ2) is 38.9. The molecule has 1 aromatic carbocycles. The zero-order valence-electron chi connectivity index (χ0n) is 36.2. The molecule has 0 aliphatic rings. The van der Waals surface area contributed by atoms with Gasteiger partial charge in [-0.2, -0.15) is 0 Å². The monoisotopic (exact) mass is 781 g/mol. The minimum absolute atomic E-state index is 0.0938. The second-order valence-electron chi connectivity index (χ2n) is 15.7. The molecule has 0 saturated carbocycles. The van der Waals surface area contributed by atoms with Crippen molar-refractivity contribution in [2.24, 2.45) is 5.73 Å². The van der Waals surface area contributed by atoms with Gasteiger partial charge in [0.2, 0.25) is 5.91 Å². The molecular weight excluding hydrogens is 697 g/mol. The Kier molecular flexibility index (Phi) is 35.5. The number of nitrogens with zero attached hydrogens (tertiary/aromatic N) is 1. The van der Waals surface area contributed by atoms with E-state index in [1.54, 1.807) is 4.90 Å². The molecule has 0 bridgehead atoms. The summed E-state index contributed by atoms with van der Waals surface area (Å²) in [4.78, 5) is 39.8. The first kappa shape index (κ1) is 51.1. The standard InChI is InChI=1S/C49H84N2O5/c1-3-5-7-9-11-13-15-17-19-21-23-25-27-29-34-38-47(52)55-42-40-51(49(54)46(50)44-45-36-32-31-33-37-45)41-43-56-48(53)39-35-30-28-26-24-22-20-18-16-14-12-10-8-6-4-2/h17-20,31-33,36-37,46H,3-16,21-30,34-35,38-44,50H2,1-2H3/b19-17-,20-18-/t46-/m0/s1. The van der Waals surface area contributed by atoms with Crippen LogP contribution in [0.25, 0.3) is 0 Å². The zero-order chi connectivity index (χ0) is 40.6. The fourth-order valence-electron chi connectivity index (χ4n) is 6.89. The van der Waals surface area contributed by atoms with Gasteiger partial charge in [0, 0.05) is 12.8 Å². The van der Waals surface area contributed by atoms with Crippen molar-refractivity contribution >= 4 is 17.8 Å². The van der Waals surface area contributed by atoms with Crippen molar-refractivity contribution < 1.29 is 23.9 Å². The highest BCUT2D eigenvalue weighted by atomic mass is 16.5. The van der Waals surface area contributed by atoms with E-state index in [1.807, 2.05) is 30.3 Å². The van der Waals surface area contributed by atoms with Crippen LogP contribution in [0.3, 0.4) is 0 Å². The van der Waals surface area contributed by atoms with Crippen molar-refractivity contribution in [2.75, 3.05) is 26.3 Å². The lowest BCUT2D eigenvalue weighted by Gasteiger charge is -2.25. The molecule has 7 heteroatoms. The van der Waals surface area contributed by atoms with Crippen molar-refractivity contribution in [3.05, 3.63) is 60.2 Å². The number of nitrogens with two attached hydrogens (primary N) is 1. The van der Waals surface area contributed by atoms with E-state index >= 15 is 0 Å². The van der Waals surface area contributed by atoms with Crippen LogP contribution in [0.2, 0.25) is 0 Å². The smallest absolute Gasteiger partial charge is 0.305 e. The number of rotatable bonds is 39. The Labute approximate surface area is 344 Å². The molecule has 0 fully saturated rings. The van der Waals surface area contributed by atoms with Gasteiger partial charge in [-0.05, 0) is 76.2 Å². The molecule has 1 amide bonds. The van der Waals surface area contributed by atoms with Crippen molar-refractivity contribution in [2.45, 2.75) is 206 Å². The largest absolute Gasteiger partial charge is 0.464 e. The second-order valence-corrected chi connectivity index (χ2v) is 15.7. The van der Waals surface area contributed by atoms with Crippen LogP contribution < -0.4 is 5.73 Å². The van der Waals surface area contributed by atoms with E-state index in [0.29, 0.717) is 19.3 Å². The molecule has 0 saturated heterocycles. The first-order valence-corrected chi connectivity index (χ1v) is 23.2. The molecule has 0 spiro atoms. The fraction of sp³-hybridized carbons (Fsp3) is 0.735. The molecule has 0 aromatic heterocycles. The van der Waals surface area contributed by atoms with Crippen molar-refractivity contribution in [1.29, 1.82) is 0 Å². The Morgan fingerprint density at radius 2 is 0.893 bits per heavy atom. The lowest BCUT2D eigenvalue weighted by atomic mass is 10.1. The lowest BCUT2D eigenvalue weighted by Crippen LogP contribution is -2.47. The summed E-state index contributed by atoms with van der Waals surface area (Å²) in [6, 6.07) is 8.94. The number of esters is 2. The van der Waals surface area contributed by atoms with Gasteiger partial charge in [0.05, 0.1) is 19.1 Å². The third-order valence-corrected chi connectivity index (χ3v) is 10.5. The van der Waals surface area contributed by atoms with Gasteiger partial charge in [-0.1, -0.05) is 171 Å². The summed E-state index contributed by atoms with van der Waals surface area (Å²) < 4.78 is 11.0. The Morgan fingerprint density at radius 1 is 0.536 bits per heavy atom. The van der Waals surface area contributed by atoms with Gasteiger partial charge < -0.3 is 20.1 Å². The van der Waals surface area contributed by atoms with Gasteiger partial charge in [-0.25, -0.2) is 0 Å². The highest BCUT2D eigenvalue weighted by Gasteiger charge is 2.22. The molecule has 1 atom stereocenters. The lowest BCUT2D eigenvalue weighted by molar-refractivity contribution is -0.148. The van der Waals surface area contributed by atoms with Gasteiger partial charge in [0.15, 0.2) is 0 Å². The molecule has 1 rings (SSSR count). The normalized spacial score (nSPS) is 12.1. The van der Waals surface area contributed by atoms with E-state index in [-0.39, 0.29) is 44.1 Å². The highest BCUT2D eigenvalue weighted by Crippen LogP contribution is 2.13. The Balaban J connectivity index is 2.25. The predicted octanol–water partition coefficient (Wildman–Crippen LogP) is 12.5. The first-order valence-electron chi connectivity index (χ1n) is 23.2. The van der Waals surface area contributed by atoms with Crippen LogP contribution in [-0.4, -0.2) is 55.1 Å². The summed E-state index contributed by atoms with van der Waals surface area (Å²) in [7, 11) is 0. The maximum absolute atomic E-state index is 13.4. The van der Waals surface area contributed by atoms with Crippen LogP contribution in [0.4, 0.5) is 0 Å². The molecule has 2 N–H and O–H groups in total. The number of ether oxygens (including phenoxy) is 2. The number of carbonyl (C=O) groups excluding carboxylic acids is 3. The molecule has 0 unspecified atom stereocenters. The van der Waals surface area contributed by atoms with Crippen molar-refractivity contribution in [1.82, 2.24) is 4.90 Å². The van der Waals surface area contributed by atoms with Crippen molar-refractivity contribution in [3.8, 4) is 0 Å². The maximum atomic E-state index is 13.4. The molecule has 320 valence electrons. The Morgan fingerprint density at radius 3 is 1.29 bits per heavy atom. The number of unbranched alkanes of at least 4 members (excludes halogenated alkanes) is 22. The molecule has 0 heterocycles. The molecule has 7 nitrogen and oxygen atoms in total. The quantitative estimate of drug-likeness (QED) is 0.0406. The third-order valence-electron chi connectivity index (χ3n) is 10.5. The third kappa shape index (κ3) is 32.2. The Bertz CT molecular complexity index is 1060.